The van der Waals surface area contributed by atoms with Crippen molar-refractivity contribution in [2.24, 2.45) is 0 Å². The van der Waals surface area contributed by atoms with Crippen LogP contribution in [0.3, 0.4) is 0 Å². The maximum Gasteiger partial charge on any atom is 0.267 e. The summed E-state index contributed by atoms with van der Waals surface area (Å²) in [6, 6.07) is 8.08. The molecule has 6 nitrogen and oxygen atoms in total. The number of para-hydroxylation sites is 1. The van der Waals surface area contributed by atoms with Crippen LogP contribution in [0.15, 0.2) is 29.1 Å². The first-order chi connectivity index (χ1) is 12.9. The molecule has 2 N–H and O–H groups in total. The number of aromatic nitrogens is 1. The van der Waals surface area contributed by atoms with Crippen molar-refractivity contribution in [2.45, 2.75) is 63.7 Å². The number of carbonyl (C=O) groups excluding carboxylic acids is 1. The average molecular weight is 406 g/mol. The first-order valence-electron chi connectivity index (χ1n) is 9.77. The summed E-state index contributed by atoms with van der Waals surface area (Å²) in [4.78, 5) is 28.5. The summed E-state index contributed by atoms with van der Waals surface area (Å²) in [5.74, 6) is -0.687. The number of rotatable bonds is 3. The second kappa shape index (κ2) is 7.76. The molecule has 0 spiro atoms. The second-order valence-electron chi connectivity index (χ2n) is 8.20. The second-order valence-corrected chi connectivity index (χ2v) is 8.20. The fourth-order valence-corrected chi connectivity index (χ4v) is 4.85. The summed E-state index contributed by atoms with van der Waals surface area (Å²) in [7, 11) is 2.15. The summed E-state index contributed by atoms with van der Waals surface area (Å²) < 4.78 is 1.59. The molecule has 1 aromatic heterocycles. The van der Waals surface area contributed by atoms with E-state index in [1.165, 1.54) is 0 Å². The number of carbonyl (C=O) groups is 1. The number of nitrogens with one attached hydrogen (secondary N) is 1. The number of hydrogen-bond acceptors (Lipinski definition) is 4. The summed E-state index contributed by atoms with van der Waals surface area (Å²) in [5, 5.41) is 14.3. The van der Waals surface area contributed by atoms with E-state index >= 15 is 0 Å². The SMILES string of the molecule is CC(C)n1c(=O)c(C(=O)NC2CC3CCC(C2)N3C)c(O)c2ccccc21.Cl. The van der Waals surface area contributed by atoms with Crippen LogP contribution in [0.5, 0.6) is 5.75 Å². The molecule has 2 bridgehead atoms. The quantitative estimate of drug-likeness (QED) is 0.822. The summed E-state index contributed by atoms with van der Waals surface area (Å²) in [5.41, 5.74) is 0.0622. The Labute approximate surface area is 170 Å². The van der Waals surface area contributed by atoms with E-state index in [1.54, 1.807) is 22.8 Å². The Hall–Kier alpha value is -2.05. The minimum Gasteiger partial charge on any atom is -0.506 e. The van der Waals surface area contributed by atoms with Crippen molar-refractivity contribution >= 4 is 29.2 Å². The molecule has 2 saturated heterocycles. The smallest absolute Gasteiger partial charge is 0.267 e. The largest absolute Gasteiger partial charge is 0.506 e. The molecule has 0 aliphatic carbocycles. The lowest BCUT2D eigenvalue weighted by Gasteiger charge is -2.36. The Morgan fingerprint density at radius 3 is 2.39 bits per heavy atom. The van der Waals surface area contributed by atoms with E-state index in [4.69, 9.17) is 0 Å². The monoisotopic (exact) mass is 405 g/mol. The van der Waals surface area contributed by atoms with Crippen LogP contribution in [0.4, 0.5) is 0 Å². The van der Waals surface area contributed by atoms with Gasteiger partial charge in [0.1, 0.15) is 11.3 Å². The number of aromatic hydroxyl groups is 1. The van der Waals surface area contributed by atoms with Gasteiger partial charge in [-0.05, 0) is 58.7 Å². The maximum absolute atomic E-state index is 13.1. The molecule has 152 valence electrons. The zero-order chi connectivity index (χ0) is 19.3. The molecule has 4 rings (SSSR count). The number of nitrogens with zero attached hydrogens (tertiary/aromatic N) is 2. The molecule has 2 aromatic rings. The van der Waals surface area contributed by atoms with Crippen molar-refractivity contribution in [1.29, 1.82) is 0 Å². The third-order valence-corrected chi connectivity index (χ3v) is 6.27. The van der Waals surface area contributed by atoms with Crippen molar-refractivity contribution in [3.05, 3.63) is 40.2 Å². The zero-order valence-corrected chi connectivity index (χ0v) is 17.3. The number of benzene rings is 1. The molecular formula is C21H28ClN3O3. The molecule has 1 amide bonds. The van der Waals surface area contributed by atoms with Gasteiger partial charge in [0.2, 0.25) is 0 Å². The number of hydrogen-bond donors (Lipinski definition) is 2. The lowest BCUT2D eigenvalue weighted by Crippen LogP contribution is -2.49. The van der Waals surface area contributed by atoms with E-state index in [-0.39, 0.29) is 35.8 Å². The molecule has 2 atom stereocenters. The fourth-order valence-electron chi connectivity index (χ4n) is 4.85. The van der Waals surface area contributed by atoms with Crippen molar-refractivity contribution in [3.63, 3.8) is 0 Å². The van der Waals surface area contributed by atoms with E-state index in [2.05, 4.69) is 17.3 Å². The minimum absolute atomic E-state index is 0. The molecule has 2 aliphatic heterocycles. The Morgan fingerprint density at radius 1 is 1.18 bits per heavy atom. The van der Waals surface area contributed by atoms with Crippen LogP contribution in [0.1, 0.15) is 55.9 Å². The van der Waals surface area contributed by atoms with Gasteiger partial charge in [-0.2, -0.15) is 0 Å². The first-order valence-corrected chi connectivity index (χ1v) is 9.77. The molecule has 2 aliphatic rings. The van der Waals surface area contributed by atoms with Crippen LogP contribution >= 0.6 is 12.4 Å². The standard InChI is InChI=1S/C21H27N3O3.ClH/c1-12(2)24-17-7-5-4-6-16(17)19(25)18(21(24)27)20(26)22-13-10-14-8-9-15(11-13)23(14)3;/h4-7,12-15,25H,8-11H2,1-3H3,(H,22,26);1H. The zero-order valence-electron chi connectivity index (χ0n) is 16.5. The molecule has 1 aromatic carbocycles. The van der Waals surface area contributed by atoms with E-state index in [0.717, 1.165) is 25.7 Å². The number of halogens is 1. The Bertz CT molecular complexity index is 942. The number of piperidine rings is 1. The number of amides is 1. The van der Waals surface area contributed by atoms with Gasteiger partial charge in [0.25, 0.3) is 11.5 Å². The van der Waals surface area contributed by atoms with Gasteiger partial charge in [0, 0.05) is 29.6 Å². The molecule has 7 heteroatoms. The molecule has 28 heavy (non-hydrogen) atoms. The fraction of sp³-hybridized carbons (Fsp3) is 0.524. The topological polar surface area (TPSA) is 74.6 Å². The maximum atomic E-state index is 13.1. The highest BCUT2D eigenvalue weighted by molar-refractivity contribution is 6.02. The van der Waals surface area contributed by atoms with Crippen molar-refractivity contribution in [3.8, 4) is 5.75 Å². The number of fused-ring (bicyclic) bond motifs is 3. The van der Waals surface area contributed by atoms with E-state index < -0.39 is 11.5 Å². The van der Waals surface area contributed by atoms with Crippen LogP contribution in [-0.2, 0) is 0 Å². The van der Waals surface area contributed by atoms with Gasteiger partial charge in [0.15, 0.2) is 0 Å². The van der Waals surface area contributed by atoms with Gasteiger partial charge in [-0.25, -0.2) is 0 Å². The van der Waals surface area contributed by atoms with Gasteiger partial charge in [-0.1, -0.05) is 12.1 Å². The van der Waals surface area contributed by atoms with Gasteiger partial charge in [0.05, 0.1) is 5.52 Å². The Morgan fingerprint density at radius 2 is 1.79 bits per heavy atom. The van der Waals surface area contributed by atoms with Gasteiger partial charge >= 0.3 is 0 Å². The molecule has 0 radical (unpaired) electrons. The average Bonchev–Trinajstić information content (AvgIpc) is 2.82. The summed E-state index contributed by atoms with van der Waals surface area (Å²) in [6.07, 6.45) is 4.11. The first kappa shape index (κ1) is 20.7. The Balaban J connectivity index is 0.00000225. The minimum atomic E-state index is -0.466. The van der Waals surface area contributed by atoms with Crippen LogP contribution in [0, 0.1) is 0 Å². The van der Waals surface area contributed by atoms with Crippen molar-refractivity contribution in [1.82, 2.24) is 14.8 Å². The van der Waals surface area contributed by atoms with E-state index in [9.17, 15) is 14.7 Å². The van der Waals surface area contributed by atoms with Crippen LogP contribution in [0.25, 0.3) is 10.9 Å². The van der Waals surface area contributed by atoms with Gasteiger partial charge in [-0.15, -0.1) is 12.4 Å². The third kappa shape index (κ3) is 3.29. The predicted octanol–water partition coefficient (Wildman–Crippen LogP) is 3.06. The van der Waals surface area contributed by atoms with Crippen LogP contribution in [-0.4, -0.2) is 45.7 Å². The van der Waals surface area contributed by atoms with Gasteiger partial charge < -0.3 is 19.9 Å². The molecule has 3 heterocycles. The lowest BCUT2D eigenvalue weighted by atomic mass is 9.97. The van der Waals surface area contributed by atoms with Crippen molar-refractivity contribution < 1.29 is 9.90 Å². The lowest BCUT2D eigenvalue weighted by molar-refractivity contribution is 0.0878. The predicted molar refractivity (Wildman–Crippen MR) is 113 cm³/mol. The Kier molecular flexibility index (Phi) is 5.73. The molecule has 0 saturated carbocycles. The van der Waals surface area contributed by atoms with E-state index in [0.29, 0.717) is 23.0 Å². The highest BCUT2D eigenvalue weighted by Crippen LogP contribution is 2.34. The number of pyridine rings is 1. The van der Waals surface area contributed by atoms with E-state index in [1.807, 2.05) is 19.9 Å². The molecule has 2 fully saturated rings. The molecule has 2 unspecified atom stereocenters. The third-order valence-electron chi connectivity index (χ3n) is 6.27. The molecular weight excluding hydrogens is 378 g/mol. The van der Waals surface area contributed by atoms with Crippen LogP contribution < -0.4 is 10.9 Å². The summed E-state index contributed by atoms with van der Waals surface area (Å²) in [6.45, 7) is 3.81. The normalized spacial score (nSPS) is 24.4. The van der Waals surface area contributed by atoms with Crippen LogP contribution in [0.2, 0.25) is 0 Å². The van der Waals surface area contributed by atoms with Crippen molar-refractivity contribution in [2.75, 3.05) is 7.05 Å². The highest BCUT2D eigenvalue weighted by atomic mass is 35.5. The summed E-state index contributed by atoms with van der Waals surface area (Å²) >= 11 is 0. The van der Waals surface area contributed by atoms with Gasteiger partial charge in [-0.3, -0.25) is 9.59 Å². The highest BCUT2D eigenvalue weighted by Gasteiger charge is 2.39.